The Bertz CT molecular complexity index is 629. The Balaban J connectivity index is 0.00000392. The number of anilines is 1. The standard InChI is InChI=1S/C21H35N5O.HI/c1-5-25(19-9-7-6-8-17(19)2)15-12-24-21(23-4)26-13-10-18(11-14-26)16-20(27)22-3;/h6-9,18H,5,10-16H2,1-4H3,(H,22,27)(H,23,24);1H. The number of carbonyl (C=O) groups excluding carboxylic acids is 1. The fourth-order valence-corrected chi connectivity index (χ4v) is 3.72. The Morgan fingerprint density at radius 2 is 1.96 bits per heavy atom. The summed E-state index contributed by atoms with van der Waals surface area (Å²) in [6, 6.07) is 8.53. The third kappa shape index (κ3) is 7.14. The first kappa shape index (κ1) is 24.5. The van der Waals surface area contributed by atoms with E-state index in [1.54, 1.807) is 7.05 Å². The molecule has 0 atom stereocenters. The van der Waals surface area contributed by atoms with Crippen LogP contribution in [0.15, 0.2) is 29.3 Å². The zero-order valence-electron chi connectivity index (χ0n) is 17.7. The van der Waals surface area contributed by atoms with Crippen molar-refractivity contribution in [1.82, 2.24) is 15.5 Å². The van der Waals surface area contributed by atoms with Gasteiger partial charge in [0.1, 0.15) is 0 Å². The van der Waals surface area contributed by atoms with Crippen LogP contribution < -0.4 is 15.5 Å². The molecule has 1 amide bonds. The summed E-state index contributed by atoms with van der Waals surface area (Å²) in [6.45, 7) is 9.04. The molecule has 1 fully saturated rings. The number of nitrogens with zero attached hydrogens (tertiary/aromatic N) is 3. The summed E-state index contributed by atoms with van der Waals surface area (Å²) in [5, 5.41) is 6.24. The summed E-state index contributed by atoms with van der Waals surface area (Å²) in [7, 11) is 3.55. The van der Waals surface area contributed by atoms with Crippen molar-refractivity contribution < 1.29 is 4.79 Å². The smallest absolute Gasteiger partial charge is 0.220 e. The van der Waals surface area contributed by atoms with Gasteiger partial charge in [-0.3, -0.25) is 9.79 Å². The number of benzene rings is 1. The molecule has 2 rings (SSSR count). The van der Waals surface area contributed by atoms with E-state index in [0.29, 0.717) is 12.3 Å². The Labute approximate surface area is 187 Å². The molecule has 1 aliphatic rings. The van der Waals surface area contributed by atoms with Crippen LogP contribution in [0, 0.1) is 12.8 Å². The van der Waals surface area contributed by atoms with Crippen LogP contribution in [0.3, 0.4) is 0 Å². The second-order valence-corrected chi connectivity index (χ2v) is 7.15. The van der Waals surface area contributed by atoms with Gasteiger partial charge in [-0.2, -0.15) is 0 Å². The van der Waals surface area contributed by atoms with E-state index in [1.807, 2.05) is 7.05 Å². The number of piperidine rings is 1. The Morgan fingerprint density at radius 3 is 2.54 bits per heavy atom. The second kappa shape index (κ2) is 12.9. The van der Waals surface area contributed by atoms with Gasteiger partial charge in [0, 0.05) is 58.9 Å². The molecule has 0 radical (unpaired) electrons. The van der Waals surface area contributed by atoms with E-state index in [9.17, 15) is 4.79 Å². The maximum atomic E-state index is 11.6. The van der Waals surface area contributed by atoms with Gasteiger partial charge in [0.05, 0.1) is 0 Å². The summed E-state index contributed by atoms with van der Waals surface area (Å²) in [5.74, 6) is 1.59. The van der Waals surface area contributed by atoms with Crippen LogP contribution in [0.5, 0.6) is 0 Å². The highest BCUT2D eigenvalue weighted by Crippen LogP contribution is 2.21. The summed E-state index contributed by atoms with van der Waals surface area (Å²) in [4.78, 5) is 20.7. The number of aliphatic imine (C=N–C) groups is 1. The predicted octanol–water partition coefficient (Wildman–Crippen LogP) is 2.86. The molecule has 2 N–H and O–H groups in total. The minimum Gasteiger partial charge on any atom is -0.370 e. The molecule has 1 saturated heterocycles. The highest BCUT2D eigenvalue weighted by molar-refractivity contribution is 14.0. The van der Waals surface area contributed by atoms with Crippen LogP contribution in [0.25, 0.3) is 0 Å². The van der Waals surface area contributed by atoms with Crippen molar-refractivity contribution in [2.75, 3.05) is 51.7 Å². The number of rotatable bonds is 7. The quantitative estimate of drug-likeness (QED) is 0.343. The molecular formula is C21H36IN5O. The molecule has 0 unspecified atom stereocenters. The number of guanidine groups is 1. The van der Waals surface area contributed by atoms with Crippen LogP contribution in [0.2, 0.25) is 0 Å². The first-order chi connectivity index (χ1) is 13.1. The van der Waals surface area contributed by atoms with Crippen molar-refractivity contribution in [3.63, 3.8) is 0 Å². The maximum absolute atomic E-state index is 11.6. The van der Waals surface area contributed by atoms with E-state index in [1.165, 1.54) is 11.3 Å². The van der Waals surface area contributed by atoms with E-state index in [4.69, 9.17) is 0 Å². The highest BCUT2D eigenvalue weighted by Gasteiger charge is 2.23. The number of para-hydroxylation sites is 1. The number of amides is 1. The van der Waals surface area contributed by atoms with Gasteiger partial charge in [-0.15, -0.1) is 24.0 Å². The molecule has 0 aliphatic carbocycles. The SMILES string of the molecule is CCN(CCNC(=NC)N1CCC(CC(=O)NC)CC1)c1ccccc1C.I. The fourth-order valence-electron chi connectivity index (χ4n) is 3.72. The van der Waals surface area contributed by atoms with Gasteiger partial charge in [-0.25, -0.2) is 0 Å². The topological polar surface area (TPSA) is 60.0 Å². The van der Waals surface area contributed by atoms with Gasteiger partial charge in [-0.1, -0.05) is 18.2 Å². The lowest BCUT2D eigenvalue weighted by atomic mass is 9.93. The third-order valence-corrected chi connectivity index (χ3v) is 5.38. The van der Waals surface area contributed by atoms with Crippen molar-refractivity contribution in [3.8, 4) is 0 Å². The average Bonchev–Trinajstić information content (AvgIpc) is 2.70. The van der Waals surface area contributed by atoms with Gasteiger partial charge < -0.3 is 20.4 Å². The highest BCUT2D eigenvalue weighted by atomic mass is 127. The van der Waals surface area contributed by atoms with E-state index < -0.39 is 0 Å². The molecule has 28 heavy (non-hydrogen) atoms. The molecule has 0 spiro atoms. The number of hydrogen-bond acceptors (Lipinski definition) is 3. The van der Waals surface area contributed by atoms with E-state index >= 15 is 0 Å². The fraction of sp³-hybridized carbons (Fsp3) is 0.619. The molecule has 6 nitrogen and oxygen atoms in total. The number of aryl methyl sites for hydroxylation is 1. The Hall–Kier alpha value is -1.51. The lowest BCUT2D eigenvalue weighted by Gasteiger charge is -2.34. The molecular weight excluding hydrogens is 465 g/mol. The average molecular weight is 501 g/mol. The third-order valence-electron chi connectivity index (χ3n) is 5.38. The van der Waals surface area contributed by atoms with Gasteiger partial charge >= 0.3 is 0 Å². The number of halogens is 1. The van der Waals surface area contributed by atoms with Crippen molar-refractivity contribution in [2.45, 2.75) is 33.1 Å². The summed E-state index contributed by atoms with van der Waals surface area (Å²) in [6.07, 6.45) is 2.72. The summed E-state index contributed by atoms with van der Waals surface area (Å²) in [5.41, 5.74) is 2.61. The molecule has 0 aromatic heterocycles. The van der Waals surface area contributed by atoms with Crippen LogP contribution in [-0.2, 0) is 4.79 Å². The molecule has 0 saturated carbocycles. The van der Waals surface area contributed by atoms with Crippen LogP contribution >= 0.6 is 24.0 Å². The largest absolute Gasteiger partial charge is 0.370 e. The molecule has 158 valence electrons. The van der Waals surface area contributed by atoms with Crippen LogP contribution in [0.4, 0.5) is 5.69 Å². The summed E-state index contributed by atoms with van der Waals surface area (Å²) >= 11 is 0. The van der Waals surface area contributed by atoms with E-state index in [-0.39, 0.29) is 29.9 Å². The lowest BCUT2D eigenvalue weighted by molar-refractivity contribution is -0.121. The van der Waals surface area contributed by atoms with Crippen molar-refractivity contribution in [2.24, 2.45) is 10.9 Å². The number of nitrogens with one attached hydrogen (secondary N) is 2. The number of likely N-dealkylation sites (N-methyl/N-ethyl adjacent to an activating group) is 1. The molecule has 1 aromatic carbocycles. The Morgan fingerprint density at radius 1 is 1.29 bits per heavy atom. The first-order valence-electron chi connectivity index (χ1n) is 10.1. The van der Waals surface area contributed by atoms with Crippen molar-refractivity contribution in [3.05, 3.63) is 29.8 Å². The monoisotopic (exact) mass is 501 g/mol. The van der Waals surface area contributed by atoms with Crippen LogP contribution in [-0.4, -0.2) is 63.6 Å². The zero-order chi connectivity index (χ0) is 19.6. The van der Waals surface area contributed by atoms with Gasteiger partial charge in [0.25, 0.3) is 0 Å². The maximum Gasteiger partial charge on any atom is 0.220 e. The Kier molecular flexibility index (Phi) is 11.3. The molecule has 7 heteroatoms. The van der Waals surface area contributed by atoms with E-state index in [2.05, 4.69) is 63.5 Å². The number of likely N-dealkylation sites (tertiary alicyclic amines) is 1. The first-order valence-corrected chi connectivity index (χ1v) is 10.1. The van der Waals surface area contributed by atoms with Gasteiger partial charge in [-0.05, 0) is 44.2 Å². The van der Waals surface area contributed by atoms with Crippen LogP contribution in [0.1, 0.15) is 31.7 Å². The van der Waals surface area contributed by atoms with Gasteiger partial charge in [0.2, 0.25) is 5.91 Å². The van der Waals surface area contributed by atoms with E-state index in [0.717, 1.165) is 51.5 Å². The minimum atomic E-state index is 0. The molecule has 0 bridgehead atoms. The lowest BCUT2D eigenvalue weighted by Crippen LogP contribution is -2.47. The molecule has 1 aromatic rings. The number of hydrogen-bond donors (Lipinski definition) is 2. The van der Waals surface area contributed by atoms with Crippen molar-refractivity contribution in [1.29, 1.82) is 0 Å². The molecule has 1 heterocycles. The normalized spacial score (nSPS) is 15.0. The summed E-state index contributed by atoms with van der Waals surface area (Å²) < 4.78 is 0. The zero-order valence-corrected chi connectivity index (χ0v) is 20.0. The van der Waals surface area contributed by atoms with Crippen molar-refractivity contribution >= 4 is 41.5 Å². The minimum absolute atomic E-state index is 0. The second-order valence-electron chi connectivity index (χ2n) is 7.15. The van der Waals surface area contributed by atoms with Gasteiger partial charge in [0.15, 0.2) is 5.96 Å². The predicted molar refractivity (Wildman–Crippen MR) is 129 cm³/mol. The molecule has 1 aliphatic heterocycles. The number of carbonyl (C=O) groups is 1.